The van der Waals surface area contributed by atoms with Gasteiger partial charge in [0.2, 0.25) is 17.7 Å². The van der Waals surface area contributed by atoms with Gasteiger partial charge >= 0.3 is 0 Å². The van der Waals surface area contributed by atoms with Crippen LogP contribution in [-0.2, 0) is 21.5 Å². The molecule has 2 aliphatic rings. The zero-order chi connectivity index (χ0) is 24.0. The molecule has 4 rings (SSSR count). The standard InChI is InChI=1S/C25H34FN5O3/c1-18(32)29-25(13-5-2-3-6-14-25)24-28-23(34-30-24)12-11-22(33)27-20-17-19(26)9-10-21(20)31-15-7-4-8-16-31/h9-10,17H,2-8,11-16H2,1H3,(H,27,33)(H,29,32). The second-order valence-electron chi connectivity index (χ2n) is 9.45. The maximum atomic E-state index is 13.9. The van der Waals surface area contributed by atoms with Crippen molar-refractivity contribution < 1.29 is 18.5 Å². The Morgan fingerprint density at radius 3 is 2.50 bits per heavy atom. The number of piperidine rings is 1. The quantitative estimate of drug-likeness (QED) is 0.579. The summed E-state index contributed by atoms with van der Waals surface area (Å²) < 4.78 is 19.4. The fraction of sp³-hybridized carbons (Fsp3) is 0.600. The highest BCUT2D eigenvalue weighted by molar-refractivity contribution is 5.94. The van der Waals surface area contributed by atoms with E-state index in [9.17, 15) is 14.0 Å². The molecule has 2 amide bonds. The summed E-state index contributed by atoms with van der Waals surface area (Å²) in [6.07, 6.45) is 9.50. The van der Waals surface area contributed by atoms with Crippen molar-refractivity contribution in [1.82, 2.24) is 15.5 Å². The molecular formula is C25H34FN5O3. The van der Waals surface area contributed by atoms with Crippen LogP contribution in [0.15, 0.2) is 22.7 Å². The normalized spacial score (nSPS) is 18.2. The molecule has 0 atom stereocenters. The van der Waals surface area contributed by atoms with Crippen LogP contribution >= 0.6 is 0 Å². The summed E-state index contributed by atoms with van der Waals surface area (Å²) >= 11 is 0. The van der Waals surface area contributed by atoms with E-state index in [-0.39, 0.29) is 30.5 Å². The Labute approximate surface area is 199 Å². The molecule has 0 bridgehead atoms. The first kappa shape index (κ1) is 24.2. The smallest absolute Gasteiger partial charge is 0.227 e. The van der Waals surface area contributed by atoms with E-state index in [0.29, 0.717) is 17.4 Å². The van der Waals surface area contributed by atoms with Crippen molar-refractivity contribution in [3.63, 3.8) is 0 Å². The highest BCUT2D eigenvalue weighted by atomic mass is 19.1. The molecule has 1 aliphatic heterocycles. The number of anilines is 2. The number of halogens is 1. The van der Waals surface area contributed by atoms with Crippen molar-refractivity contribution in [2.24, 2.45) is 0 Å². The number of benzene rings is 1. The summed E-state index contributed by atoms with van der Waals surface area (Å²) in [5, 5.41) is 10.1. The molecule has 0 unspecified atom stereocenters. The Morgan fingerprint density at radius 1 is 1.09 bits per heavy atom. The Hall–Kier alpha value is -2.97. The summed E-state index contributed by atoms with van der Waals surface area (Å²) in [5.41, 5.74) is 0.721. The first-order valence-electron chi connectivity index (χ1n) is 12.4. The molecule has 1 saturated carbocycles. The van der Waals surface area contributed by atoms with Gasteiger partial charge in [0.05, 0.1) is 11.4 Å². The lowest BCUT2D eigenvalue weighted by Crippen LogP contribution is -2.45. The minimum absolute atomic E-state index is 0.118. The van der Waals surface area contributed by atoms with Crippen LogP contribution in [-0.4, -0.2) is 35.0 Å². The largest absolute Gasteiger partial charge is 0.370 e. The Bertz CT molecular complexity index is 994. The van der Waals surface area contributed by atoms with Gasteiger partial charge in [-0.15, -0.1) is 0 Å². The number of rotatable bonds is 7. The zero-order valence-corrected chi connectivity index (χ0v) is 19.9. The van der Waals surface area contributed by atoms with E-state index in [2.05, 4.69) is 25.7 Å². The molecule has 2 heterocycles. The molecule has 0 radical (unpaired) electrons. The summed E-state index contributed by atoms with van der Waals surface area (Å²) in [4.78, 5) is 31.3. The van der Waals surface area contributed by atoms with Crippen LogP contribution in [0.5, 0.6) is 0 Å². The molecule has 0 spiro atoms. The lowest BCUT2D eigenvalue weighted by atomic mass is 9.89. The minimum Gasteiger partial charge on any atom is -0.370 e. The van der Waals surface area contributed by atoms with E-state index in [1.807, 2.05) is 0 Å². The number of aromatic nitrogens is 2. The van der Waals surface area contributed by atoms with Crippen LogP contribution in [0.4, 0.5) is 15.8 Å². The molecular weight excluding hydrogens is 437 g/mol. The number of nitrogens with zero attached hydrogens (tertiary/aromatic N) is 3. The molecule has 2 fully saturated rings. The molecule has 2 aromatic rings. The lowest BCUT2D eigenvalue weighted by Gasteiger charge is -2.30. The van der Waals surface area contributed by atoms with Crippen LogP contribution in [0.2, 0.25) is 0 Å². The van der Waals surface area contributed by atoms with Crippen LogP contribution < -0.4 is 15.5 Å². The Balaban J connectivity index is 1.40. The molecule has 1 saturated heterocycles. The van der Waals surface area contributed by atoms with E-state index >= 15 is 0 Å². The van der Waals surface area contributed by atoms with Crippen molar-refractivity contribution in [2.75, 3.05) is 23.3 Å². The second kappa shape index (κ2) is 11.0. The fourth-order valence-electron chi connectivity index (χ4n) is 5.08. The average molecular weight is 472 g/mol. The lowest BCUT2D eigenvalue weighted by molar-refractivity contribution is -0.121. The van der Waals surface area contributed by atoms with Gasteiger partial charge in [0.1, 0.15) is 11.4 Å². The van der Waals surface area contributed by atoms with E-state index < -0.39 is 5.54 Å². The van der Waals surface area contributed by atoms with Crippen molar-refractivity contribution in [2.45, 2.75) is 83.1 Å². The summed E-state index contributed by atoms with van der Waals surface area (Å²) in [5.74, 6) is 0.0956. The summed E-state index contributed by atoms with van der Waals surface area (Å²) in [6, 6.07) is 4.53. The van der Waals surface area contributed by atoms with Crippen LogP contribution in [0, 0.1) is 5.82 Å². The van der Waals surface area contributed by atoms with Gasteiger partial charge in [-0.3, -0.25) is 9.59 Å². The van der Waals surface area contributed by atoms with Gasteiger partial charge in [-0.05, 0) is 50.3 Å². The van der Waals surface area contributed by atoms with E-state index in [1.54, 1.807) is 6.07 Å². The van der Waals surface area contributed by atoms with Crippen molar-refractivity contribution >= 4 is 23.2 Å². The molecule has 8 nitrogen and oxygen atoms in total. The van der Waals surface area contributed by atoms with Crippen molar-refractivity contribution in [3.05, 3.63) is 35.7 Å². The second-order valence-corrected chi connectivity index (χ2v) is 9.45. The van der Waals surface area contributed by atoms with Crippen LogP contribution in [0.3, 0.4) is 0 Å². The van der Waals surface area contributed by atoms with E-state index in [4.69, 9.17) is 4.52 Å². The molecule has 9 heteroatoms. The fourth-order valence-corrected chi connectivity index (χ4v) is 5.08. The number of hydrogen-bond acceptors (Lipinski definition) is 6. The predicted octanol–water partition coefficient (Wildman–Crippen LogP) is 4.46. The topological polar surface area (TPSA) is 100 Å². The SMILES string of the molecule is CC(=O)NC1(c2noc(CCC(=O)Nc3cc(F)ccc3N3CCCCC3)n2)CCCCCC1. The third kappa shape index (κ3) is 5.93. The third-order valence-corrected chi connectivity index (χ3v) is 6.76. The van der Waals surface area contributed by atoms with E-state index in [0.717, 1.165) is 70.1 Å². The number of aryl methyl sites for hydroxylation is 1. The molecule has 1 aromatic heterocycles. The van der Waals surface area contributed by atoms with Gasteiger partial charge in [-0.1, -0.05) is 30.8 Å². The average Bonchev–Trinajstić information content (AvgIpc) is 3.18. The predicted molar refractivity (Wildman–Crippen MR) is 127 cm³/mol. The monoisotopic (exact) mass is 471 g/mol. The summed E-state index contributed by atoms with van der Waals surface area (Å²) in [6.45, 7) is 3.30. The molecule has 1 aromatic carbocycles. The molecule has 34 heavy (non-hydrogen) atoms. The molecule has 2 N–H and O–H groups in total. The number of carbonyl (C=O) groups is 2. The Morgan fingerprint density at radius 2 is 1.79 bits per heavy atom. The number of amides is 2. The number of carbonyl (C=O) groups excluding carboxylic acids is 2. The van der Waals surface area contributed by atoms with Gasteiger partial charge in [-0.25, -0.2) is 4.39 Å². The zero-order valence-electron chi connectivity index (χ0n) is 19.9. The maximum absolute atomic E-state index is 13.9. The highest BCUT2D eigenvalue weighted by Crippen LogP contribution is 2.35. The van der Waals surface area contributed by atoms with Gasteiger partial charge in [0, 0.05) is 32.9 Å². The molecule has 1 aliphatic carbocycles. The van der Waals surface area contributed by atoms with Gasteiger partial charge in [0.15, 0.2) is 5.82 Å². The minimum atomic E-state index is -0.614. The van der Waals surface area contributed by atoms with Crippen molar-refractivity contribution in [3.8, 4) is 0 Å². The third-order valence-electron chi connectivity index (χ3n) is 6.76. The maximum Gasteiger partial charge on any atom is 0.227 e. The van der Waals surface area contributed by atoms with Crippen molar-refractivity contribution in [1.29, 1.82) is 0 Å². The van der Waals surface area contributed by atoms with Gasteiger partial charge in [-0.2, -0.15) is 4.98 Å². The first-order chi connectivity index (χ1) is 16.4. The van der Waals surface area contributed by atoms with E-state index in [1.165, 1.54) is 25.5 Å². The Kier molecular flexibility index (Phi) is 7.80. The number of hydrogen-bond donors (Lipinski definition) is 2. The van der Waals surface area contributed by atoms with Crippen LogP contribution in [0.1, 0.15) is 82.8 Å². The van der Waals surface area contributed by atoms with Crippen LogP contribution in [0.25, 0.3) is 0 Å². The summed E-state index contributed by atoms with van der Waals surface area (Å²) in [7, 11) is 0. The van der Waals surface area contributed by atoms with Gasteiger partial charge < -0.3 is 20.1 Å². The number of nitrogens with one attached hydrogen (secondary N) is 2. The molecule has 184 valence electrons. The first-order valence-corrected chi connectivity index (χ1v) is 12.4. The van der Waals surface area contributed by atoms with Gasteiger partial charge in [0.25, 0.3) is 0 Å². The highest BCUT2D eigenvalue weighted by Gasteiger charge is 2.38.